The Morgan fingerprint density at radius 2 is 2.35 bits per heavy atom. The van der Waals surface area contributed by atoms with Gasteiger partial charge in [0.05, 0.1) is 19.8 Å². The van der Waals surface area contributed by atoms with Crippen molar-refractivity contribution in [3.05, 3.63) is 28.2 Å². The van der Waals surface area contributed by atoms with Crippen molar-refractivity contribution >= 4 is 11.6 Å². The van der Waals surface area contributed by atoms with Crippen LogP contribution in [0.5, 0.6) is 5.88 Å². The topological polar surface area (TPSA) is 85.7 Å². The zero-order valence-electron chi connectivity index (χ0n) is 9.39. The molecule has 0 amide bonds. The molecule has 0 saturated carbocycles. The third-order valence-electron chi connectivity index (χ3n) is 2.18. The summed E-state index contributed by atoms with van der Waals surface area (Å²) in [6, 6.07) is 1.22. The van der Waals surface area contributed by atoms with Crippen LogP contribution in [0.1, 0.15) is 17.3 Å². The van der Waals surface area contributed by atoms with E-state index in [-0.39, 0.29) is 29.3 Å². The number of carbonyl (C=O) groups excluding carboxylic acids is 1. The van der Waals surface area contributed by atoms with Crippen molar-refractivity contribution in [2.75, 3.05) is 13.7 Å². The molecule has 0 fully saturated rings. The van der Waals surface area contributed by atoms with Crippen LogP contribution in [-0.2, 0) is 4.74 Å². The Morgan fingerprint density at radius 1 is 1.59 bits per heavy atom. The summed E-state index contributed by atoms with van der Waals surface area (Å²) in [4.78, 5) is 27.2. The lowest BCUT2D eigenvalue weighted by molar-refractivity contribution is 0.0528. The van der Waals surface area contributed by atoms with Gasteiger partial charge < -0.3 is 9.47 Å². The molecule has 2 rings (SSSR count). The first kappa shape index (κ1) is 11.2. The standard InChI is InChI=1S/C10H11N3O4/c1-3-17-10(15)6-5-11-13-8(14)4-7(16-2)12-9(6)13/h4-5,11H,3H2,1-2H3. The Bertz CT molecular complexity index is 614. The third-order valence-corrected chi connectivity index (χ3v) is 2.18. The Kier molecular flexibility index (Phi) is 2.82. The molecule has 2 aromatic rings. The highest BCUT2D eigenvalue weighted by molar-refractivity contribution is 5.95. The van der Waals surface area contributed by atoms with Gasteiger partial charge >= 0.3 is 5.97 Å². The minimum Gasteiger partial charge on any atom is -0.481 e. The number of nitrogens with one attached hydrogen (secondary N) is 1. The van der Waals surface area contributed by atoms with Crippen LogP contribution in [0, 0.1) is 0 Å². The molecule has 0 spiro atoms. The van der Waals surface area contributed by atoms with E-state index in [0.717, 1.165) is 4.52 Å². The molecule has 0 saturated heterocycles. The molecule has 1 N–H and O–H groups in total. The molecule has 0 aliphatic heterocycles. The lowest BCUT2D eigenvalue weighted by atomic mass is 10.3. The number of hydrogen-bond acceptors (Lipinski definition) is 5. The van der Waals surface area contributed by atoms with Gasteiger partial charge in [0.15, 0.2) is 5.65 Å². The Hall–Kier alpha value is -2.31. The van der Waals surface area contributed by atoms with E-state index >= 15 is 0 Å². The highest BCUT2D eigenvalue weighted by Crippen LogP contribution is 2.11. The number of H-pyrrole nitrogens is 1. The van der Waals surface area contributed by atoms with Crippen LogP contribution >= 0.6 is 0 Å². The molecule has 2 aromatic heterocycles. The van der Waals surface area contributed by atoms with Gasteiger partial charge in [-0.2, -0.15) is 4.98 Å². The first-order valence-electron chi connectivity index (χ1n) is 4.99. The Balaban J connectivity index is 2.62. The molecule has 0 radical (unpaired) electrons. The van der Waals surface area contributed by atoms with E-state index in [1.54, 1.807) is 6.92 Å². The number of aromatic amines is 1. The van der Waals surface area contributed by atoms with Crippen LogP contribution in [0.15, 0.2) is 17.1 Å². The molecule has 0 atom stereocenters. The van der Waals surface area contributed by atoms with Gasteiger partial charge in [-0.25, -0.2) is 9.31 Å². The van der Waals surface area contributed by atoms with Gasteiger partial charge in [0.2, 0.25) is 5.88 Å². The Labute approximate surface area is 96.0 Å². The van der Waals surface area contributed by atoms with Gasteiger partial charge in [-0.05, 0) is 6.92 Å². The normalized spacial score (nSPS) is 10.5. The van der Waals surface area contributed by atoms with E-state index in [2.05, 4.69) is 10.1 Å². The van der Waals surface area contributed by atoms with Crippen LogP contribution in [0.2, 0.25) is 0 Å². The zero-order chi connectivity index (χ0) is 12.4. The van der Waals surface area contributed by atoms with Gasteiger partial charge in [0, 0.05) is 6.20 Å². The van der Waals surface area contributed by atoms with E-state index in [9.17, 15) is 9.59 Å². The molecular formula is C10H11N3O4. The number of fused-ring (bicyclic) bond motifs is 1. The van der Waals surface area contributed by atoms with Crippen molar-refractivity contribution in [3.8, 4) is 5.88 Å². The van der Waals surface area contributed by atoms with Crippen LogP contribution in [0.25, 0.3) is 5.65 Å². The van der Waals surface area contributed by atoms with Gasteiger partial charge in [0.25, 0.3) is 5.56 Å². The molecule has 0 bridgehead atoms. The lowest BCUT2D eigenvalue weighted by Gasteiger charge is -2.01. The zero-order valence-corrected chi connectivity index (χ0v) is 9.39. The summed E-state index contributed by atoms with van der Waals surface area (Å²) in [5.41, 5.74) is 0.0260. The largest absolute Gasteiger partial charge is 0.481 e. The second-order valence-corrected chi connectivity index (χ2v) is 3.20. The maximum absolute atomic E-state index is 11.6. The van der Waals surface area contributed by atoms with Crippen LogP contribution in [0.4, 0.5) is 0 Å². The summed E-state index contributed by atoms with van der Waals surface area (Å²) >= 11 is 0. The number of nitrogens with zero attached hydrogens (tertiary/aromatic N) is 2. The molecule has 7 heteroatoms. The van der Waals surface area contributed by atoms with Gasteiger partial charge in [-0.15, -0.1) is 0 Å². The fourth-order valence-electron chi connectivity index (χ4n) is 1.42. The van der Waals surface area contributed by atoms with Crippen molar-refractivity contribution in [2.45, 2.75) is 6.92 Å². The smallest absolute Gasteiger partial charge is 0.343 e. The number of esters is 1. The maximum atomic E-state index is 11.6. The monoisotopic (exact) mass is 237 g/mol. The SMILES string of the molecule is CCOC(=O)c1c[nH]n2c(=O)cc(OC)nc12. The van der Waals surface area contributed by atoms with E-state index in [1.165, 1.54) is 19.4 Å². The summed E-state index contributed by atoms with van der Waals surface area (Å²) in [5.74, 6) is -0.383. The molecule has 90 valence electrons. The summed E-state index contributed by atoms with van der Waals surface area (Å²) < 4.78 is 10.9. The molecule has 0 unspecified atom stereocenters. The molecule has 0 aliphatic carbocycles. The Morgan fingerprint density at radius 3 is 3.00 bits per heavy atom. The summed E-state index contributed by atoms with van der Waals surface area (Å²) in [7, 11) is 1.40. The van der Waals surface area contributed by atoms with E-state index in [0.29, 0.717) is 0 Å². The van der Waals surface area contributed by atoms with E-state index in [4.69, 9.17) is 9.47 Å². The van der Waals surface area contributed by atoms with Crippen LogP contribution in [0.3, 0.4) is 0 Å². The molecule has 7 nitrogen and oxygen atoms in total. The highest BCUT2D eigenvalue weighted by Gasteiger charge is 2.16. The first-order valence-corrected chi connectivity index (χ1v) is 4.99. The fraction of sp³-hybridized carbons (Fsp3) is 0.300. The predicted molar refractivity (Wildman–Crippen MR) is 58.3 cm³/mol. The molecule has 0 aliphatic rings. The average Bonchev–Trinajstić information content (AvgIpc) is 2.73. The summed E-state index contributed by atoms with van der Waals surface area (Å²) in [5, 5.41) is 2.63. The number of methoxy groups -OCH3 is 1. The average molecular weight is 237 g/mol. The quantitative estimate of drug-likeness (QED) is 0.771. The molecule has 0 aromatic carbocycles. The number of rotatable bonds is 3. The van der Waals surface area contributed by atoms with Crippen LogP contribution in [-0.4, -0.2) is 34.3 Å². The molecule has 2 heterocycles. The number of ether oxygens (including phenoxy) is 2. The highest BCUT2D eigenvalue weighted by atomic mass is 16.5. The fourth-order valence-corrected chi connectivity index (χ4v) is 1.42. The van der Waals surface area contributed by atoms with Gasteiger partial charge in [-0.3, -0.25) is 9.89 Å². The minimum absolute atomic E-state index is 0.153. The third kappa shape index (κ3) is 1.86. The van der Waals surface area contributed by atoms with Crippen molar-refractivity contribution < 1.29 is 14.3 Å². The van der Waals surface area contributed by atoms with Crippen LogP contribution < -0.4 is 10.3 Å². The molecular weight excluding hydrogens is 226 g/mol. The van der Waals surface area contributed by atoms with E-state index < -0.39 is 5.97 Å². The number of aromatic nitrogens is 3. The van der Waals surface area contributed by atoms with Crippen molar-refractivity contribution in [2.24, 2.45) is 0 Å². The minimum atomic E-state index is -0.536. The maximum Gasteiger partial charge on any atom is 0.343 e. The lowest BCUT2D eigenvalue weighted by Crippen LogP contribution is -2.15. The van der Waals surface area contributed by atoms with Crippen molar-refractivity contribution in [1.82, 2.24) is 14.6 Å². The summed E-state index contributed by atoms with van der Waals surface area (Å²) in [6.45, 7) is 1.96. The summed E-state index contributed by atoms with van der Waals surface area (Å²) in [6.07, 6.45) is 1.38. The van der Waals surface area contributed by atoms with Gasteiger partial charge in [-0.1, -0.05) is 0 Å². The number of hydrogen-bond donors (Lipinski definition) is 1. The van der Waals surface area contributed by atoms with Crippen molar-refractivity contribution in [3.63, 3.8) is 0 Å². The van der Waals surface area contributed by atoms with Gasteiger partial charge in [0.1, 0.15) is 5.56 Å². The first-order chi connectivity index (χ1) is 8.17. The molecule has 17 heavy (non-hydrogen) atoms. The van der Waals surface area contributed by atoms with E-state index in [1.807, 2.05) is 0 Å². The second kappa shape index (κ2) is 4.28. The number of carbonyl (C=O) groups is 1. The predicted octanol–water partition coefficient (Wildman–Crippen LogP) is 0.208. The van der Waals surface area contributed by atoms with Crippen molar-refractivity contribution in [1.29, 1.82) is 0 Å². The second-order valence-electron chi connectivity index (χ2n) is 3.20.